The molecule has 0 aliphatic rings. The molecule has 2 aromatic carbocycles. The quantitative estimate of drug-likeness (QED) is 0.563. The highest BCUT2D eigenvalue weighted by Gasteiger charge is 1.95. The second kappa shape index (κ2) is 7.97. The van der Waals surface area contributed by atoms with Crippen molar-refractivity contribution in [3.8, 4) is 5.75 Å². The highest BCUT2D eigenvalue weighted by atomic mass is 79.9. The van der Waals surface area contributed by atoms with E-state index in [-0.39, 0.29) is 0 Å². The van der Waals surface area contributed by atoms with Crippen molar-refractivity contribution in [2.24, 2.45) is 0 Å². The minimum atomic E-state index is 0.570. The summed E-state index contributed by atoms with van der Waals surface area (Å²) < 4.78 is 11.2. The van der Waals surface area contributed by atoms with Crippen molar-refractivity contribution in [2.75, 3.05) is 13.2 Å². The molecular formula is C16H17BrO2. The molecule has 3 heteroatoms. The molecule has 100 valence electrons. The van der Waals surface area contributed by atoms with Crippen molar-refractivity contribution < 1.29 is 9.47 Å². The molecule has 0 N–H and O–H groups in total. The first-order valence-corrected chi connectivity index (χ1v) is 7.40. The fraction of sp³-hybridized carbons (Fsp3) is 0.250. The Hall–Kier alpha value is -1.32. The molecule has 2 nitrogen and oxygen atoms in total. The Kier molecular flexibility index (Phi) is 5.92. The van der Waals surface area contributed by atoms with Crippen LogP contribution in [0.2, 0.25) is 0 Å². The van der Waals surface area contributed by atoms with Gasteiger partial charge in [0.05, 0.1) is 13.2 Å². The highest BCUT2D eigenvalue weighted by molar-refractivity contribution is 9.08. The fourth-order valence-corrected chi connectivity index (χ4v) is 2.03. The third-order valence-corrected chi connectivity index (χ3v) is 3.33. The second-order valence-electron chi connectivity index (χ2n) is 4.16. The van der Waals surface area contributed by atoms with E-state index in [2.05, 4.69) is 40.2 Å². The Labute approximate surface area is 122 Å². The summed E-state index contributed by atoms with van der Waals surface area (Å²) in [7, 11) is 0. The SMILES string of the molecule is BrCc1ccc(OCCOCc2ccccc2)cc1. The van der Waals surface area contributed by atoms with Gasteiger partial charge in [0, 0.05) is 5.33 Å². The van der Waals surface area contributed by atoms with Gasteiger partial charge in [0.1, 0.15) is 12.4 Å². The maximum atomic E-state index is 5.60. The zero-order chi connectivity index (χ0) is 13.3. The highest BCUT2D eigenvalue weighted by Crippen LogP contribution is 2.13. The molecular weight excluding hydrogens is 304 g/mol. The van der Waals surface area contributed by atoms with Crippen molar-refractivity contribution in [1.82, 2.24) is 0 Å². The number of hydrogen-bond donors (Lipinski definition) is 0. The van der Waals surface area contributed by atoms with E-state index in [0.717, 1.165) is 11.1 Å². The van der Waals surface area contributed by atoms with Gasteiger partial charge in [-0.3, -0.25) is 0 Å². The van der Waals surface area contributed by atoms with E-state index < -0.39 is 0 Å². The molecule has 2 rings (SSSR count). The van der Waals surface area contributed by atoms with Crippen LogP contribution in [-0.4, -0.2) is 13.2 Å². The third kappa shape index (κ3) is 5.05. The Morgan fingerprint density at radius 2 is 1.53 bits per heavy atom. The van der Waals surface area contributed by atoms with Crippen molar-refractivity contribution >= 4 is 15.9 Å². The number of benzene rings is 2. The minimum Gasteiger partial charge on any atom is -0.491 e. The molecule has 0 unspecified atom stereocenters. The lowest BCUT2D eigenvalue weighted by atomic mass is 10.2. The van der Waals surface area contributed by atoms with Crippen LogP contribution in [0.3, 0.4) is 0 Å². The molecule has 0 aliphatic heterocycles. The lowest BCUT2D eigenvalue weighted by Crippen LogP contribution is -2.06. The van der Waals surface area contributed by atoms with Gasteiger partial charge in [-0.1, -0.05) is 58.4 Å². The number of alkyl halides is 1. The van der Waals surface area contributed by atoms with Gasteiger partial charge in [0.15, 0.2) is 0 Å². The molecule has 2 aromatic rings. The number of halogens is 1. The maximum absolute atomic E-state index is 5.60. The van der Waals surface area contributed by atoms with Gasteiger partial charge in [-0.15, -0.1) is 0 Å². The molecule has 0 bridgehead atoms. The van der Waals surface area contributed by atoms with Crippen LogP contribution < -0.4 is 4.74 Å². The Morgan fingerprint density at radius 1 is 0.789 bits per heavy atom. The van der Waals surface area contributed by atoms with Crippen molar-refractivity contribution in [2.45, 2.75) is 11.9 Å². The Morgan fingerprint density at radius 3 is 2.21 bits per heavy atom. The summed E-state index contributed by atoms with van der Waals surface area (Å²) in [6, 6.07) is 18.2. The van der Waals surface area contributed by atoms with E-state index in [1.807, 2.05) is 30.3 Å². The number of rotatable bonds is 7. The minimum absolute atomic E-state index is 0.570. The largest absolute Gasteiger partial charge is 0.491 e. The predicted octanol–water partition coefficient (Wildman–Crippen LogP) is 4.18. The first kappa shape index (κ1) is 14.1. The average molecular weight is 321 g/mol. The van der Waals surface area contributed by atoms with Crippen LogP contribution in [0.15, 0.2) is 54.6 Å². The zero-order valence-corrected chi connectivity index (χ0v) is 12.3. The zero-order valence-electron chi connectivity index (χ0n) is 10.7. The van der Waals surface area contributed by atoms with Crippen molar-refractivity contribution in [3.63, 3.8) is 0 Å². The summed E-state index contributed by atoms with van der Waals surface area (Å²) in [5.41, 5.74) is 2.43. The van der Waals surface area contributed by atoms with Crippen LogP contribution in [-0.2, 0) is 16.7 Å². The molecule has 0 aliphatic carbocycles. The van der Waals surface area contributed by atoms with Crippen molar-refractivity contribution in [3.05, 3.63) is 65.7 Å². The van der Waals surface area contributed by atoms with Crippen LogP contribution in [0.1, 0.15) is 11.1 Å². The fourth-order valence-electron chi connectivity index (χ4n) is 1.66. The van der Waals surface area contributed by atoms with E-state index in [9.17, 15) is 0 Å². The molecule has 0 radical (unpaired) electrons. The van der Waals surface area contributed by atoms with Crippen LogP contribution in [0, 0.1) is 0 Å². The lowest BCUT2D eigenvalue weighted by Gasteiger charge is -2.07. The molecule has 0 saturated heterocycles. The molecule has 0 heterocycles. The summed E-state index contributed by atoms with van der Waals surface area (Å²) in [4.78, 5) is 0. The summed E-state index contributed by atoms with van der Waals surface area (Å²) >= 11 is 3.42. The normalized spacial score (nSPS) is 10.4. The summed E-state index contributed by atoms with van der Waals surface area (Å²) in [6.45, 7) is 1.79. The van der Waals surface area contributed by atoms with E-state index >= 15 is 0 Å². The van der Waals surface area contributed by atoms with Crippen LogP contribution in [0.5, 0.6) is 5.75 Å². The number of hydrogen-bond acceptors (Lipinski definition) is 2. The second-order valence-corrected chi connectivity index (χ2v) is 4.72. The van der Waals surface area contributed by atoms with Crippen LogP contribution in [0.4, 0.5) is 0 Å². The Balaban J connectivity index is 1.63. The average Bonchev–Trinajstić information content (AvgIpc) is 2.49. The van der Waals surface area contributed by atoms with Gasteiger partial charge >= 0.3 is 0 Å². The molecule has 0 spiro atoms. The molecule has 0 fully saturated rings. The standard InChI is InChI=1S/C16H17BrO2/c17-12-14-6-8-16(9-7-14)19-11-10-18-13-15-4-2-1-3-5-15/h1-9H,10-13H2. The van der Waals surface area contributed by atoms with E-state index in [1.54, 1.807) is 0 Å². The summed E-state index contributed by atoms with van der Waals surface area (Å²) in [5, 5.41) is 0.869. The molecule has 0 saturated carbocycles. The predicted molar refractivity (Wildman–Crippen MR) is 80.7 cm³/mol. The summed E-state index contributed by atoms with van der Waals surface area (Å²) in [5.74, 6) is 0.882. The van der Waals surface area contributed by atoms with Crippen LogP contribution in [0.25, 0.3) is 0 Å². The summed E-state index contributed by atoms with van der Waals surface area (Å²) in [6.07, 6.45) is 0. The van der Waals surface area contributed by atoms with E-state index in [0.29, 0.717) is 19.8 Å². The molecule has 0 aromatic heterocycles. The topological polar surface area (TPSA) is 18.5 Å². The first-order chi connectivity index (χ1) is 9.38. The van der Waals surface area contributed by atoms with E-state index in [1.165, 1.54) is 11.1 Å². The van der Waals surface area contributed by atoms with Gasteiger partial charge in [-0.05, 0) is 23.3 Å². The van der Waals surface area contributed by atoms with Gasteiger partial charge in [0.25, 0.3) is 0 Å². The van der Waals surface area contributed by atoms with Gasteiger partial charge in [0.2, 0.25) is 0 Å². The van der Waals surface area contributed by atoms with Gasteiger partial charge in [-0.2, -0.15) is 0 Å². The Bertz CT molecular complexity index is 468. The van der Waals surface area contributed by atoms with Gasteiger partial charge < -0.3 is 9.47 Å². The smallest absolute Gasteiger partial charge is 0.119 e. The lowest BCUT2D eigenvalue weighted by molar-refractivity contribution is 0.0889. The monoisotopic (exact) mass is 320 g/mol. The van der Waals surface area contributed by atoms with Crippen molar-refractivity contribution in [1.29, 1.82) is 0 Å². The molecule has 19 heavy (non-hydrogen) atoms. The third-order valence-electron chi connectivity index (χ3n) is 2.69. The van der Waals surface area contributed by atoms with Gasteiger partial charge in [-0.25, -0.2) is 0 Å². The number of ether oxygens (including phenoxy) is 2. The maximum Gasteiger partial charge on any atom is 0.119 e. The molecule has 0 atom stereocenters. The first-order valence-electron chi connectivity index (χ1n) is 6.28. The van der Waals surface area contributed by atoms with E-state index in [4.69, 9.17) is 9.47 Å². The molecule has 0 amide bonds. The van der Waals surface area contributed by atoms with Crippen LogP contribution >= 0.6 is 15.9 Å².